The topological polar surface area (TPSA) is 41.1 Å². The second kappa shape index (κ2) is 7.17. The minimum atomic E-state index is -0.189. The third kappa shape index (κ3) is 4.58. The molecular formula is C16H24N2O. The average Bonchev–Trinajstić information content (AvgIpc) is 2.68. The lowest BCUT2D eigenvalue weighted by molar-refractivity contribution is -0.122. The summed E-state index contributed by atoms with van der Waals surface area (Å²) >= 11 is 0. The largest absolute Gasteiger partial charge is 0.374 e. The van der Waals surface area contributed by atoms with Crippen molar-refractivity contribution in [3.05, 3.63) is 30.3 Å². The lowest BCUT2D eigenvalue weighted by atomic mass is 10.1. The Hall–Kier alpha value is -1.51. The van der Waals surface area contributed by atoms with Gasteiger partial charge in [-0.15, -0.1) is 0 Å². The summed E-state index contributed by atoms with van der Waals surface area (Å²) in [5, 5.41) is 6.41. The molecule has 1 aromatic rings. The zero-order valence-corrected chi connectivity index (χ0v) is 11.7. The lowest BCUT2D eigenvalue weighted by Gasteiger charge is -2.20. The molecule has 1 amide bonds. The van der Waals surface area contributed by atoms with E-state index in [-0.39, 0.29) is 11.9 Å². The predicted molar refractivity (Wildman–Crippen MR) is 79.2 cm³/mol. The van der Waals surface area contributed by atoms with Crippen molar-refractivity contribution in [2.45, 2.75) is 57.5 Å². The smallest absolute Gasteiger partial charge is 0.242 e. The summed E-state index contributed by atoms with van der Waals surface area (Å²) in [6.45, 7) is 1.92. The Kier molecular flexibility index (Phi) is 5.25. The third-order valence-corrected chi connectivity index (χ3v) is 3.75. The normalized spacial score (nSPS) is 18.4. The molecule has 0 aromatic heterocycles. The Morgan fingerprint density at radius 2 is 1.74 bits per heavy atom. The van der Waals surface area contributed by atoms with E-state index in [4.69, 9.17) is 0 Å². The number of carbonyl (C=O) groups is 1. The number of benzene rings is 1. The second-order valence-electron chi connectivity index (χ2n) is 5.43. The molecule has 0 spiro atoms. The highest BCUT2D eigenvalue weighted by Gasteiger charge is 2.18. The van der Waals surface area contributed by atoms with Gasteiger partial charge in [0, 0.05) is 11.7 Å². The fraction of sp³-hybridized carbons (Fsp3) is 0.562. The van der Waals surface area contributed by atoms with Crippen molar-refractivity contribution in [3.8, 4) is 0 Å². The van der Waals surface area contributed by atoms with E-state index < -0.39 is 0 Å². The number of para-hydroxylation sites is 1. The zero-order chi connectivity index (χ0) is 13.5. The predicted octanol–water partition coefficient (Wildman–Crippen LogP) is 3.33. The maximum Gasteiger partial charge on any atom is 0.242 e. The van der Waals surface area contributed by atoms with Crippen LogP contribution < -0.4 is 10.6 Å². The summed E-state index contributed by atoms with van der Waals surface area (Å²) in [5.41, 5.74) is 0.992. The van der Waals surface area contributed by atoms with Crippen LogP contribution in [0.5, 0.6) is 0 Å². The number of anilines is 1. The van der Waals surface area contributed by atoms with E-state index in [9.17, 15) is 4.79 Å². The van der Waals surface area contributed by atoms with Gasteiger partial charge in [0.1, 0.15) is 6.04 Å². The van der Waals surface area contributed by atoms with Crippen molar-refractivity contribution in [2.24, 2.45) is 0 Å². The first kappa shape index (κ1) is 13.9. The molecule has 0 aliphatic heterocycles. The van der Waals surface area contributed by atoms with E-state index in [1.54, 1.807) is 0 Å². The van der Waals surface area contributed by atoms with E-state index in [1.807, 2.05) is 37.3 Å². The molecule has 2 rings (SSSR count). The van der Waals surface area contributed by atoms with Gasteiger partial charge in [0.2, 0.25) is 5.91 Å². The minimum Gasteiger partial charge on any atom is -0.374 e. The number of carbonyl (C=O) groups excluding carboxylic acids is 1. The molecule has 0 heterocycles. The number of amides is 1. The zero-order valence-electron chi connectivity index (χ0n) is 11.7. The Labute approximate surface area is 115 Å². The monoisotopic (exact) mass is 260 g/mol. The van der Waals surface area contributed by atoms with Crippen LogP contribution in [-0.4, -0.2) is 18.0 Å². The van der Waals surface area contributed by atoms with Crippen LogP contribution in [0.4, 0.5) is 5.69 Å². The minimum absolute atomic E-state index is 0.107. The maximum absolute atomic E-state index is 12.2. The molecule has 0 radical (unpaired) electrons. The summed E-state index contributed by atoms with van der Waals surface area (Å²) in [7, 11) is 0. The standard InChI is InChI=1S/C16H24N2O/c1-13(17-14-9-7-4-8-10-14)16(19)18-15-11-5-2-3-6-12-15/h4,7-10,13,15,17H,2-3,5-6,11-12H2,1H3,(H,18,19). The van der Waals surface area contributed by atoms with Gasteiger partial charge in [-0.05, 0) is 31.9 Å². The summed E-state index contributed by atoms with van der Waals surface area (Å²) in [5.74, 6) is 0.107. The van der Waals surface area contributed by atoms with E-state index in [1.165, 1.54) is 25.7 Å². The summed E-state index contributed by atoms with van der Waals surface area (Å²) < 4.78 is 0. The molecule has 1 aliphatic rings. The Bertz CT molecular complexity index is 383. The fourth-order valence-corrected chi connectivity index (χ4v) is 2.60. The van der Waals surface area contributed by atoms with Crippen LogP contribution in [0.1, 0.15) is 45.4 Å². The van der Waals surface area contributed by atoms with Crippen LogP contribution in [0, 0.1) is 0 Å². The van der Waals surface area contributed by atoms with Crippen molar-refractivity contribution in [1.29, 1.82) is 0 Å². The molecule has 1 saturated carbocycles. The molecule has 1 atom stereocenters. The second-order valence-corrected chi connectivity index (χ2v) is 5.43. The van der Waals surface area contributed by atoms with E-state index >= 15 is 0 Å². The van der Waals surface area contributed by atoms with Crippen LogP contribution in [-0.2, 0) is 4.79 Å². The van der Waals surface area contributed by atoms with Crippen molar-refractivity contribution in [1.82, 2.24) is 5.32 Å². The number of nitrogens with one attached hydrogen (secondary N) is 2. The molecular weight excluding hydrogens is 236 g/mol. The van der Waals surface area contributed by atoms with Crippen molar-refractivity contribution < 1.29 is 4.79 Å². The van der Waals surface area contributed by atoms with Crippen LogP contribution in [0.15, 0.2) is 30.3 Å². The molecule has 1 aliphatic carbocycles. The molecule has 1 fully saturated rings. The van der Waals surface area contributed by atoms with E-state index in [0.29, 0.717) is 6.04 Å². The lowest BCUT2D eigenvalue weighted by Crippen LogP contribution is -2.43. The van der Waals surface area contributed by atoms with Crippen molar-refractivity contribution in [3.63, 3.8) is 0 Å². The maximum atomic E-state index is 12.2. The van der Waals surface area contributed by atoms with Gasteiger partial charge in [0.05, 0.1) is 0 Å². The van der Waals surface area contributed by atoms with Gasteiger partial charge in [-0.2, -0.15) is 0 Å². The van der Waals surface area contributed by atoms with E-state index in [2.05, 4.69) is 10.6 Å². The molecule has 0 saturated heterocycles. The van der Waals surface area contributed by atoms with Gasteiger partial charge in [-0.25, -0.2) is 0 Å². The van der Waals surface area contributed by atoms with Gasteiger partial charge in [-0.1, -0.05) is 43.9 Å². The van der Waals surface area contributed by atoms with Crippen molar-refractivity contribution >= 4 is 11.6 Å². The quantitative estimate of drug-likeness (QED) is 0.815. The van der Waals surface area contributed by atoms with Crippen LogP contribution in [0.25, 0.3) is 0 Å². The molecule has 1 aromatic carbocycles. The first-order chi connectivity index (χ1) is 9.25. The molecule has 0 bridgehead atoms. The van der Waals surface area contributed by atoms with E-state index in [0.717, 1.165) is 18.5 Å². The highest BCUT2D eigenvalue weighted by molar-refractivity contribution is 5.84. The van der Waals surface area contributed by atoms with Crippen LogP contribution >= 0.6 is 0 Å². The van der Waals surface area contributed by atoms with Gasteiger partial charge in [0.15, 0.2) is 0 Å². The molecule has 2 N–H and O–H groups in total. The Balaban J connectivity index is 1.81. The van der Waals surface area contributed by atoms with Crippen molar-refractivity contribution in [2.75, 3.05) is 5.32 Å². The fourth-order valence-electron chi connectivity index (χ4n) is 2.60. The summed E-state index contributed by atoms with van der Waals surface area (Å²) in [6.07, 6.45) is 7.36. The first-order valence-electron chi connectivity index (χ1n) is 7.37. The Morgan fingerprint density at radius 3 is 2.37 bits per heavy atom. The van der Waals surface area contributed by atoms with Gasteiger partial charge >= 0.3 is 0 Å². The van der Waals surface area contributed by atoms with Gasteiger partial charge in [-0.3, -0.25) is 4.79 Å². The number of rotatable bonds is 4. The summed E-state index contributed by atoms with van der Waals surface area (Å²) in [6, 6.07) is 10.1. The average molecular weight is 260 g/mol. The Morgan fingerprint density at radius 1 is 1.11 bits per heavy atom. The molecule has 3 heteroatoms. The molecule has 19 heavy (non-hydrogen) atoms. The number of hydrogen-bond donors (Lipinski definition) is 2. The first-order valence-corrected chi connectivity index (χ1v) is 7.37. The molecule has 104 valence electrons. The molecule has 1 unspecified atom stereocenters. The van der Waals surface area contributed by atoms with Gasteiger partial charge < -0.3 is 10.6 Å². The van der Waals surface area contributed by atoms with Crippen LogP contribution in [0.3, 0.4) is 0 Å². The highest BCUT2D eigenvalue weighted by Crippen LogP contribution is 2.17. The molecule has 3 nitrogen and oxygen atoms in total. The summed E-state index contributed by atoms with van der Waals surface area (Å²) in [4.78, 5) is 12.2. The van der Waals surface area contributed by atoms with Crippen LogP contribution in [0.2, 0.25) is 0 Å². The number of hydrogen-bond acceptors (Lipinski definition) is 2. The highest BCUT2D eigenvalue weighted by atomic mass is 16.2. The SMILES string of the molecule is CC(Nc1ccccc1)C(=O)NC1CCCCCC1. The third-order valence-electron chi connectivity index (χ3n) is 3.75. The van der Waals surface area contributed by atoms with Gasteiger partial charge in [0.25, 0.3) is 0 Å².